The molecule has 4 nitrogen and oxygen atoms in total. The summed E-state index contributed by atoms with van der Waals surface area (Å²) >= 11 is 0. The van der Waals surface area contributed by atoms with Crippen LogP contribution >= 0.6 is 0 Å². The van der Waals surface area contributed by atoms with E-state index < -0.39 is 11.9 Å². The fourth-order valence-electron chi connectivity index (χ4n) is 1.06. The zero-order valence-electron chi connectivity index (χ0n) is 7.87. The minimum absolute atomic E-state index is 0.0611. The molecule has 0 bridgehead atoms. The molecule has 0 aliphatic carbocycles. The first-order valence-electron chi connectivity index (χ1n) is 4.35. The lowest BCUT2D eigenvalue weighted by atomic mass is 10.1. The molecule has 0 unspecified atom stereocenters. The molecular weight excluding hydrogens is 201 g/mol. The molecule has 1 rings (SSSR count). The van der Waals surface area contributed by atoms with Gasteiger partial charge < -0.3 is 10.4 Å². The molecule has 0 heterocycles. The lowest BCUT2D eigenvalue weighted by Crippen LogP contribution is -2.23. The normalized spacial score (nSPS) is 9.67. The van der Waals surface area contributed by atoms with Gasteiger partial charge in [-0.1, -0.05) is 0 Å². The number of hydrogen-bond donors (Lipinski definition) is 2. The molecule has 80 valence electrons. The van der Waals surface area contributed by atoms with Crippen LogP contribution in [-0.4, -0.2) is 23.5 Å². The molecule has 2 N–H and O–H groups in total. The fourth-order valence-corrected chi connectivity index (χ4v) is 1.06. The van der Waals surface area contributed by atoms with Crippen LogP contribution in [0.1, 0.15) is 16.8 Å². The van der Waals surface area contributed by atoms with Gasteiger partial charge in [-0.2, -0.15) is 0 Å². The molecule has 0 atom stereocenters. The maximum atomic E-state index is 12.5. The number of ketones is 1. The number of benzene rings is 1. The van der Waals surface area contributed by atoms with Crippen LogP contribution in [0.2, 0.25) is 0 Å². The lowest BCUT2D eigenvalue weighted by molar-refractivity contribution is 0.0983. The van der Waals surface area contributed by atoms with Crippen LogP contribution < -0.4 is 5.32 Å². The molecule has 0 aliphatic heterocycles. The highest BCUT2D eigenvalue weighted by Crippen LogP contribution is 2.05. The molecule has 0 saturated carbocycles. The summed E-state index contributed by atoms with van der Waals surface area (Å²) in [4.78, 5) is 21.5. The van der Waals surface area contributed by atoms with E-state index in [-0.39, 0.29) is 18.7 Å². The van der Waals surface area contributed by atoms with E-state index in [0.29, 0.717) is 5.56 Å². The number of hydrogen-bond acceptors (Lipinski definition) is 2. The summed E-state index contributed by atoms with van der Waals surface area (Å²) in [6.07, 6.45) is -1.10. The SMILES string of the molecule is O=C(O)NCCC(=O)c1ccc(F)cc1. The number of carbonyl (C=O) groups excluding carboxylic acids is 1. The summed E-state index contributed by atoms with van der Waals surface area (Å²) in [5, 5.41) is 10.3. The van der Waals surface area contributed by atoms with Gasteiger partial charge in [-0.05, 0) is 24.3 Å². The number of carboxylic acid groups (broad SMARTS) is 1. The number of halogens is 1. The number of Topliss-reactive ketones (excluding diaryl/α,β-unsaturated/α-hetero) is 1. The van der Waals surface area contributed by atoms with Crippen LogP contribution in [0.25, 0.3) is 0 Å². The van der Waals surface area contributed by atoms with Gasteiger partial charge in [0.1, 0.15) is 5.82 Å². The van der Waals surface area contributed by atoms with Gasteiger partial charge in [-0.3, -0.25) is 4.79 Å². The van der Waals surface area contributed by atoms with Crippen molar-refractivity contribution in [2.45, 2.75) is 6.42 Å². The van der Waals surface area contributed by atoms with Crippen LogP contribution in [0.5, 0.6) is 0 Å². The smallest absolute Gasteiger partial charge is 0.404 e. The second-order valence-electron chi connectivity index (χ2n) is 2.91. The molecule has 0 radical (unpaired) electrons. The van der Waals surface area contributed by atoms with E-state index in [1.54, 1.807) is 0 Å². The van der Waals surface area contributed by atoms with E-state index in [2.05, 4.69) is 5.32 Å². The first-order chi connectivity index (χ1) is 7.09. The zero-order chi connectivity index (χ0) is 11.3. The Morgan fingerprint density at radius 3 is 2.40 bits per heavy atom. The topological polar surface area (TPSA) is 66.4 Å². The molecular formula is C10H10FNO3. The highest BCUT2D eigenvalue weighted by molar-refractivity contribution is 5.96. The third-order valence-corrected chi connectivity index (χ3v) is 1.79. The van der Waals surface area contributed by atoms with Gasteiger partial charge in [-0.15, -0.1) is 0 Å². The van der Waals surface area contributed by atoms with Gasteiger partial charge in [0.2, 0.25) is 0 Å². The molecule has 1 aromatic carbocycles. The zero-order valence-corrected chi connectivity index (χ0v) is 7.87. The molecule has 0 fully saturated rings. The van der Waals surface area contributed by atoms with Crippen molar-refractivity contribution in [1.29, 1.82) is 0 Å². The summed E-state index contributed by atoms with van der Waals surface area (Å²) < 4.78 is 12.5. The van der Waals surface area contributed by atoms with E-state index >= 15 is 0 Å². The monoisotopic (exact) mass is 211 g/mol. The van der Waals surface area contributed by atoms with Gasteiger partial charge in [0.05, 0.1) is 0 Å². The summed E-state index contributed by atoms with van der Waals surface area (Å²) in [5.74, 6) is -0.626. The number of carbonyl (C=O) groups is 2. The van der Waals surface area contributed by atoms with Crippen molar-refractivity contribution in [2.75, 3.05) is 6.54 Å². The second-order valence-corrected chi connectivity index (χ2v) is 2.91. The molecule has 15 heavy (non-hydrogen) atoms. The number of rotatable bonds is 4. The van der Waals surface area contributed by atoms with Crippen LogP contribution in [-0.2, 0) is 0 Å². The van der Waals surface area contributed by atoms with Crippen molar-refractivity contribution < 1.29 is 19.1 Å². The van der Waals surface area contributed by atoms with Crippen LogP contribution in [0, 0.1) is 5.82 Å². The summed E-state index contributed by atoms with van der Waals surface area (Å²) in [7, 11) is 0. The molecule has 0 aromatic heterocycles. The Bertz CT molecular complexity index is 361. The number of nitrogens with one attached hydrogen (secondary N) is 1. The lowest BCUT2D eigenvalue weighted by Gasteiger charge is -2.01. The van der Waals surface area contributed by atoms with Crippen LogP contribution in [0.15, 0.2) is 24.3 Å². The van der Waals surface area contributed by atoms with Crippen molar-refractivity contribution in [3.63, 3.8) is 0 Å². The highest BCUT2D eigenvalue weighted by atomic mass is 19.1. The fraction of sp³-hybridized carbons (Fsp3) is 0.200. The van der Waals surface area contributed by atoms with E-state index in [9.17, 15) is 14.0 Å². The highest BCUT2D eigenvalue weighted by Gasteiger charge is 2.05. The van der Waals surface area contributed by atoms with Crippen molar-refractivity contribution in [2.24, 2.45) is 0 Å². The molecule has 5 heteroatoms. The van der Waals surface area contributed by atoms with Crippen LogP contribution in [0.3, 0.4) is 0 Å². The maximum Gasteiger partial charge on any atom is 0.404 e. The number of amides is 1. The molecule has 1 aromatic rings. The molecule has 0 saturated heterocycles. The third-order valence-electron chi connectivity index (χ3n) is 1.79. The van der Waals surface area contributed by atoms with Gasteiger partial charge in [-0.25, -0.2) is 9.18 Å². The average Bonchev–Trinajstić information content (AvgIpc) is 2.18. The largest absolute Gasteiger partial charge is 0.465 e. The molecule has 0 spiro atoms. The van der Waals surface area contributed by atoms with E-state index in [1.165, 1.54) is 24.3 Å². The summed E-state index contributed by atoms with van der Waals surface area (Å²) in [6.45, 7) is 0.0611. The van der Waals surface area contributed by atoms with Gasteiger partial charge in [0, 0.05) is 18.5 Å². The summed E-state index contributed by atoms with van der Waals surface area (Å²) in [5.41, 5.74) is 0.378. The van der Waals surface area contributed by atoms with Crippen molar-refractivity contribution >= 4 is 11.9 Å². The second kappa shape index (κ2) is 5.09. The van der Waals surface area contributed by atoms with Crippen LogP contribution in [0.4, 0.5) is 9.18 Å². The Balaban J connectivity index is 2.47. The van der Waals surface area contributed by atoms with E-state index in [4.69, 9.17) is 5.11 Å². The van der Waals surface area contributed by atoms with Crippen molar-refractivity contribution in [1.82, 2.24) is 5.32 Å². The average molecular weight is 211 g/mol. The van der Waals surface area contributed by atoms with E-state index in [1.807, 2.05) is 0 Å². The molecule has 1 amide bonds. The standard InChI is InChI=1S/C10H10FNO3/c11-8-3-1-7(2-4-8)9(13)5-6-12-10(14)15/h1-4,12H,5-6H2,(H,14,15). The minimum atomic E-state index is -1.16. The Morgan fingerprint density at radius 1 is 1.27 bits per heavy atom. The predicted molar refractivity (Wildman–Crippen MR) is 51.4 cm³/mol. The van der Waals surface area contributed by atoms with Crippen molar-refractivity contribution in [3.05, 3.63) is 35.6 Å². The summed E-state index contributed by atoms with van der Waals surface area (Å²) in [6, 6.07) is 5.13. The minimum Gasteiger partial charge on any atom is -0.465 e. The van der Waals surface area contributed by atoms with Crippen molar-refractivity contribution in [3.8, 4) is 0 Å². The maximum absolute atomic E-state index is 12.5. The molecule has 0 aliphatic rings. The first-order valence-corrected chi connectivity index (χ1v) is 4.35. The third kappa shape index (κ3) is 3.76. The Morgan fingerprint density at radius 2 is 1.87 bits per heavy atom. The van der Waals surface area contributed by atoms with Gasteiger partial charge in [0.15, 0.2) is 5.78 Å². The quantitative estimate of drug-likeness (QED) is 0.744. The Hall–Kier alpha value is -1.91. The van der Waals surface area contributed by atoms with Gasteiger partial charge in [0.25, 0.3) is 0 Å². The Kier molecular flexibility index (Phi) is 3.79. The Labute approximate surface area is 85.7 Å². The van der Waals surface area contributed by atoms with E-state index in [0.717, 1.165) is 0 Å². The first kappa shape index (κ1) is 11.2. The van der Waals surface area contributed by atoms with Gasteiger partial charge >= 0.3 is 6.09 Å². The predicted octanol–water partition coefficient (Wildman–Crippen LogP) is 1.67.